The van der Waals surface area contributed by atoms with Gasteiger partial charge in [-0.3, -0.25) is 4.79 Å². The third kappa shape index (κ3) is 6.36. The molecule has 0 fully saturated rings. The maximum atomic E-state index is 12.6. The molecule has 9 heteroatoms. The van der Waals surface area contributed by atoms with Gasteiger partial charge in [0, 0.05) is 48.3 Å². The van der Waals surface area contributed by atoms with Crippen LogP contribution in [0.5, 0.6) is 11.5 Å². The van der Waals surface area contributed by atoms with Gasteiger partial charge >= 0.3 is 0 Å². The van der Waals surface area contributed by atoms with Crippen LogP contribution in [0, 0.1) is 13.8 Å². The fraction of sp³-hybridized carbons (Fsp3) is 0.143. The highest BCUT2D eigenvalue weighted by atomic mass is 79.9. The van der Waals surface area contributed by atoms with Crippen molar-refractivity contribution in [3.05, 3.63) is 109 Å². The summed E-state index contributed by atoms with van der Waals surface area (Å²) in [6, 6.07) is 20.3. The van der Waals surface area contributed by atoms with Crippen LogP contribution in [0.3, 0.4) is 0 Å². The maximum absolute atomic E-state index is 12.6. The molecule has 0 aliphatic heterocycles. The monoisotopic (exact) mass is 599 g/mol. The Bertz CT molecular complexity index is 1450. The minimum Gasteiger partial charge on any atom is -0.493 e. The number of aromatic nitrogens is 1. The Balaban J connectivity index is 1.42. The van der Waals surface area contributed by atoms with Crippen molar-refractivity contribution < 1.29 is 14.3 Å². The van der Waals surface area contributed by atoms with Crippen LogP contribution in [-0.4, -0.2) is 23.8 Å². The summed E-state index contributed by atoms with van der Waals surface area (Å²) in [5.41, 5.74) is 7.82. The molecule has 0 radical (unpaired) electrons. The summed E-state index contributed by atoms with van der Waals surface area (Å²) < 4.78 is 14.2. The molecule has 0 spiro atoms. The number of ether oxygens (including phenoxy) is 2. The van der Waals surface area contributed by atoms with Crippen molar-refractivity contribution in [2.24, 2.45) is 5.10 Å². The summed E-state index contributed by atoms with van der Waals surface area (Å²) in [6.07, 6.45) is 1.53. The SMILES string of the molecule is COc1cc(/C=N/NC(=O)c2ccc(-n3c(C)ccc3C)cc2)c(Br)cc1OCc1ccc(Cl)cc1Cl. The Kier molecular flexibility index (Phi) is 8.59. The molecular formula is C28H24BrCl2N3O3. The smallest absolute Gasteiger partial charge is 0.271 e. The van der Waals surface area contributed by atoms with Crippen LogP contribution in [0.1, 0.15) is 32.9 Å². The molecule has 1 aromatic heterocycles. The van der Waals surface area contributed by atoms with Crippen molar-refractivity contribution in [1.82, 2.24) is 9.99 Å². The van der Waals surface area contributed by atoms with E-state index in [9.17, 15) is 4.79 Å². The molecule has 0 atom stereocenters. The minimum absolute atomic E-state index is 0.241. The largest absolute Gasteiger partial charge is 0.493 e. The van der Waals surface area contributed by atoms with Gasteiger partial charge in [0.05, 0.1) is 13.3 Å². The summed E-state index contributed by atoms with van der Waals surface area (Å²) in [6.45, 7) is 4.33. The first-order valence-electron chi connectivity index (χ1n) is 11.3. The standard InChI is InChI=1S/C28H24BrCl2N3O3/c1-17-4-5-18(2)34(17)23-10-7-19(8-11-23)28(35)33-32-15-21-12-26(36-3)27(14-24(21)29)37-16-20-6-9-22(30)13-25(20)31/h4-15H,16H2,1-3H3,(H,33,35)/b32-15+. The number of halogens is 3. The molecule has 1 N–H and O–H groups in total. The zero-order valence-electron chi connectivity index (χ0n) is 20.4. The van der Waals surface area contributed by atoms with Gasteiger partial charge in [-0.1, -0.05) is 29.3 Å². The number of rotatable bonds is 8. The van der Waals surface area contributed by atoms with Gasteiger partial charge < -0.3 is 14.0 Å². The van der Waals surface area contributed by atoms with E-state index in [1.807, 2.05) is 32.0 Å². The lowest BCUT2D eigenvalue weighted by Gasteiger charge is -2.13. The molecule has 0 saturated heterocycles. The molecule has 1 heterocycles. The highest BCUT2D eigenvalue weighted by Crippen LogP contribution is 2.34. The van der Waals surface area contributed by atoms with E-state index >= 15 is 0 Å². The van der Waals surface area contributed by atoms with Gasteiger partial charge in [-0.05, 0) is 90.4 Å². The van der Waals surface area contributed by atoms with E-state index in [-0.39, 0.29) is 12.5 Å². The number of hydrazone groups is 1. The topological polar surface area (TPSA) is 64.8 Å². The van der Waals surface area contributed by atoms with Gasteiger partial charge in [0.25, 0.3) is 5.91 Å². The van der Waals surface area contributed by atoms with Crippen LogP contribution in [0.15, 0.2) is 76.3 Å². The van der Waals surface area contributed by atoms with Crippen molar-refractivity contribution >= 4 is 51.3 Å². The zero-order chi connectivity index (χ0) is 26.5. The summed E-state index contributed by atoms with van der Waals surface area (Å²) in [5, 5.41) is 5.19. The fourth-order valence-electron chi connectivity index (χ4n) is 3.78. The Hall–Kier alpha value is -3.26. The number of hydrogen-bond acceptors (Lipinski definition) is 4. The predicted molar refractivity (Wildman–Crippen MR) is 152 cm³/mol. The van der Waals surface area contributed by atoms with Crippen molar-refractivity contribution in [2.75, 3.05) is 7.11 Å². The molecule has 1 amide bonds. The molecule has 4 rings (SSSR count). The van der Waals surface area contributed by atoms with E-state index in [0.29, 0.717) is 37.1 Å². The van der Waals surface area contributed by atoms with Gasteiger partial charge in [-0.2, -0.15) is 5.10 Å². The Morgan fingerprint density at radius 2 is 1.70 bits per heavy atom. The number of benzene rings is 3. The molecule has 0 aliphatic carbocycles. The number of nitrogens with one attached hydrogen (secondary N) is 1. The Morgan fingerprint density at radius 1 is 1.00 bits per heavy atom. The van der Waals surface area contributed by atoms with E-state index in [1.165, 1.54) is 6.21 Å². The molecule has 0 unspecified atom stereocenters. The molecule has 37 heavy (non-hydrogen) atoms. The quantitative estimate of drug-likeness (QED) is 0.168. The number of carbonyl (C=O) groups excluding carboxylic acids is 1. The number of nitrogens with zero attached hydrogens (tertiary/aromatic N) is 2. The molecule has 4 aromatic rings. The molecule has 3 aromatic carbocycles. The molecule has 6 nitrogen and oxygen atoms in total. The Morgan fingerprint density at radius 3 is 2.35 bits per heavy atom. The summed E-state index contributed by atoms with van der Waals surface area (Å²) >= 11 is 15.7. The highest BCUT2D eigenvalue weighted by molar-refractivity contribution is 9.10. The van der Waals surface area contributed by atoms with Crippen molar-refractivity contribution in [3.63, 3.8) is 0 Å². The van der Waals surface area contributed by atoms with Crippen LogP contribution in [0.4, 0.5) is 0 Å². The second-order valence-corrected chi connectivity index (χ2v) is 9.94. The van der Waals surface area contributed by atoms with E-state index < -0.39 is 0 Å². The summed E-state index contributed by atoms with van der Waals surface area (Å²) in [7, 11) is 1.55. The minimum atomic E-state index is -0.313. The number of methoxy groups -OCH3 is 1. The predicted octanol–water partition coefficient (Wildman–Crippen LogP) is 7.51. The molecule has 190 valence electrons. The normalized spacial score (nSPS) is 11.1. The third-order valence-corrected chi connectivity index (χ3v) is 6.98. The highest BCUT2D eigenvalue weighted by Gasteiger charge is 2.12. The van der Waals surface area contributed by atoms with E-state index in [2.05, 4.69) is 43.2 Å². The number of hydrogen-bond donors (Lipinski definition) is 1. The second kappa shape index (κ2) is 11.9. The molecular weight excluding hydrogens is 577 g/mol. The first-order chi connectivity index (χ1) is 17.8. The van der Waals surface area contributed by atoms with E-state index in [1.54, 1.807) is 43.5 Å². The van der Waals surface area contributed by atoms with Crippen molar-refractivity contribution in [3.8, 4) is 17.2 Å². The summed E-state index contributed by atoms with van der Waals surface area (Å²) in [4.78, 5) is 12.6. The lowest BCUT2D eigenvalue weighted by Crippen LogP contribution is -2.17. The van der Waals surface area contributed by atoms with Crippen molar-refractivity contribution in [2.45, 2.75) is 20.5 Å². The second-order valence-electron chi connectivity index (χ2n) is 8.25. The molecule has 0 aliphatic rings. The van der Waals surface area contributed by atoms with Crippen LogP contribution < -0.4 is 14.9 Å². The van der Waals surface area contributed by atoms with Crippen LogP contribution in [0.2, 0.25) is 10.0 Å². The number of carbonyl (C=O) groups is 1. The van der Waals surface area contributed by atoms with Gasteiger partial charge in [0.2, 0.25) is 0 Å². The van der Waals surface area contributed by atoms with Gasteiger partial charge in [-0.15, -0.1) is 0 Å². The average molecular weight is 601 g/mol. The average Bonchev–Trinajstić information content (AvgIpc) is 3.22. The summed E-state index contributed by atoms with van der Waals surface area (Å²) in [5.74, 6) is 0.716. The van der Waals surface area contributed by atoms with Gasteiger partial charge in [0.1, 0.15) is 6.61 Å². The first-order valence-corrected chi connectivity index (χ1v) is 12.8. The Labute approximate surface area is 233 Å². The van der Waals surface area contributed by atoms with E-state index in [4.69, 9.17) is 32.7 Å². The lowest BCUT2D eigenvalue weighted by molar-refractivity contribution is 0.0955. The zero-order valence-corrected chi connectivity index (χ0v) is 23.5. The molecule has 0 bridgehead atoms. The van der Waals surface area contributed by atoms with Crippen LogP contribution >= 0.6 is 39.1 Å². The fourth-order valence-corrected chi connectivity index (χ4v) is 4.67. The van der Waals surface area contributed by atoms with E-state index in [0.717, 1.165) is 22.6 Å². The third-order valence-electron chi connectivity index (χ3n) is 5.71. The van der Waals surface area contributed by atoms with Crippen molar-refractivity contribution in [1.29, 1.82) is 0 Å². The number of amides is 1. The molecule has 0 saturated carbocycles. The lowest BCUT2D eigenvalue weighted by atomic mass is 10.2. The first kappa shape index (κ1) is 26.8. The maximum Gasteiger partial charge on any atom is 0.271 e. The number of aryl methyl sites for hydroxylation is 2. The van der Waals surface area contributed by atoms with Crippen LogP contribution in [0.25, 0.3) is 5.69 Å². The van der Waals surface area contributed by atoms with Gasteiger partial charge in [0.15, 0.2) is 11.5 Å². The van der Waals surface area contributed by atoms with Crippen LogP contribution in [-0.2, 0) is 6.61 Å². The van der Waals surface area contributed by atoms with Gasteiger partial charge in [-0.25, -0.2) is 5.43 Å².